The molecule has 8 nitrogen and oxygen atoms in total. The molecule has 0 unspecified atom stereocenters. The minimum atomic E-state index is -4.22. The zero-order valence-corrected chi connectivity index (χ0v) is 15.1. The smallest absolute Gasteiger partial charge is 0.344 e. The van der Waals surface area contributed by atoms with Crippen LogP contribution >= 0.6 is 0 Å². The van der Waals surface area contributed by atoms with Crippen molar-refractivity contribution in [2.75, 3.05) is 18.1 Å². The molecule has 0 atom stereocenters. The predicted octanol–water partition coefficient (Wildman–Crippen LogP) is 2.22. The number of hydrogen-bond acceptors (Lipinski definition) is 6. The van der Waals surface area contributed by atoms with Crippen molar-refractivity contribution in [2.45, 2.75) is 18.7 Å². The number of carbonyl (C=O) groups is 2. The van der Waals surface area contributed by atoms with Gasteiger partial charge in [0, 0.05) is 6.20 Å². The Labute approximate surface area is 151 Å². The maximum Gasteiger partial charge on any atom is 0.344 e. The first-order chi connectivity index (χ1) is 12.4. The van der Waals surface area contributed by atoms with Gasteiger partial charge in [-0.3, -0.25) is 4.79 Å². The third kappa shape index (κ3) is 3.01. The molecule has 1 aliphatic rings. The van der Waals surface area contributed by atoms with E-state index >= 15 is 0 Å². The second-order valence-corrected chi connectivity index (χ2v) is 7.43. The van der Waals surface area contributed by atoms with Crippen molar-refractivity contribution in [2.24, 2.45) is 0 Å². The zero-order chi connectivity index (χ0) is 18.9. The third-order valence-corrected chi connectivity index (χ3v) is 5.51. The van der Waals surface area contributed by atoms with E-state index in [0.29, 0.717) is 9.99 Å². The summed E-state index contributed by atoms with van der Waals surface area (Å²) in [4.78, 5) is 29.9. The molecular weight excluding hydrogens is 358 g/mol. The van der Waals surface area contributed by atoms with Crippen LogP contribution in [0.4, 0.5) is 16.3 Å². The SMILES string of the molecule is CCOC(=O)CN1C(=O)N(c2cccc(C)c2)c2ncccc2S1(=O)=O. The topological polar surface area (TPSA) is 96.9 Å². The molecule has 26 heavy (non-hydrogen) atoms. The molecule has 0 saturated carbocycles. The fourth-order valence-corrected chi connectivity index (χ4v) is 4.08. The number of aromatic nitrogens is 1. The number of hydrogen-bond donors (Lipinski definition) is 0. The number of urea groups is 1. The number of pyridine rings is 1. The van der Waals surface area contributed by atoms with Crippen LogP contribution in [-0.4, -0.2) is 42.9 Å². The van der Waals surface area contributed by atoms with E-state index in [9.17, 15) is 18.0 Å². The molecule has 2 heterocycles. The average Bonchev–Trinajstić information content (AvgIpc) is 2.59. The van der Waals surface area contributed by atoms with E-state index in [1.165, 1.54) is 23.2 Å². The van der Waals surface area contributed by atoms with Gasteiger partial charge in [-0.05, 0) is 43.7 Å². The lowest BCUT2D eigenvalue weighted by molar-refractivity contribution is -0.142. The van der Waals surface area contributed by atoms with Crippen LogP contribution in [-0.2, 0) is 19.6 Å². The standard InChI is InChI=1S/C17H17N3O5S/c1-3-25-15(21)11-19-17(22)20(13-7-4-6-12(2)10-13)16-14(26(19,23)24)8-5-9-18-16/h4-10H,3,11H2,1-2H3. The van der Waals surface area contributed by atoms with Crippen molar-refractivity contribution in [1.82, 2.24) is 9.29 Å². The van der Waals surface area contributed by atoms with E-state index in [1.807, 2.05) is 13.0 Å². The Balaban J connectivity index is 2.16. The number of anilines is 2. The van der Waals surface area contributed by atoms with Crippen molar-refractivity contribution in [3.63, 3.8) is 0 Å². The first kappa shape index (κ1) is 17.9. The van der Waals surface area contributed by atoms with Crippen LogP contribution in [0.2, 0.25) is 0 Å². The van der Waals surface area contributed by atoms with Gasteiger partial charge in [0.15, 0.2) is 5.82 Å². The van der Waals surface area contributed by atoms with Gasteiger partial charge in [0.25, 0.3) is 10.0 Å². The second kappa shape index (κ2) is 6.75. The minimum absolute atomic E-state index is 0.00297. The Morgan fingerprint density at radius 2 is 2.00 bits per heavy atom. The second-order valence-electron chi connectivity index (χ2n) is 5.60. The molecule has 1 aromatic heterocycles. The summed E-state index contributed by atoms with van der Waals surface area (Å²) in [6, 6.07) is 8.94. The number of benzene rings is 1. The highest BCUT2D eigenvalue weighted by atomic mass is 32.2. The molecule has 0 N–H and O–H groups in total. The molecule has 0 fully saturated rings. The molecule has 2 aromatic rings. The average molecular weight is 375 g/mol. The Morgan fingerprint density at radius 1 is 1.23 bits per heavy atom. The first-order valence-electron chi connectivity index (χ1n) is 7.90. The summed E-state index contributed by atoms with van der Waals surface area (Å²) in [6.07, 6.45) is 1.41. The monoisotopic (exact) mass is 375 g/mol. The lowest BCUT2D eigenvalue weighted by atomic mass is 10.2. The Kier molecular flexibility index (Phi) is 4.64. The molecule has 1 aliphatic heterocycles. The lowest BCUT2D eigenvalue weighted by Gasteiger charge is -2.34. The number of nitrogens with zero attached hydrogens (tertiary/aromatic N) is 3. The summed E-state index contributed by atoms with van der Waals surface area (Å²) in [5.74, 6) is -0.802. The van der Waals surface area contributed by atoms with Gasteiger partial charge in [0.05, 0.1) is 12.3 Å². The van der Waals surface area contributed by atoms with Crippen molar-refractivity contribution in [3.8, 4) is 0 Å². The van der Waals surface area contributed by atoms with Crippen LogP contribution in [0.3, 0.4) is 0 Å². The normalized spacial score (nSPS) is 15.5. The van der Waals surface area contributed by atoms with E-state index < -0.39 is 28.6 Å². The Hall–Kier alpha value is -2.94. The third-order valence-electron chi connectivity index (χ3n) is 3.77. The van der Waals surface area contributed by atoms with E-state index in [1.54, 1.807) is 25.1 Å². The quantitative estimate of drug-likeness (QED) is 0.760. The number of rotatable bonds is 4. The van der Waals surface area contributed by atoms with E-state index in [0.717, 1.165) is 5.56 Å². The number of amides is 2. The minimum Gasteiger partial charge on any atom is -0.465 e. The maximum absolute atomic E-state index is 13.0. The molecule has 136 valence electrons. The molecule has 3 rings (SSSR count). The summed E-state index contributed by atoms with van der Waals surface area (Å²) >= 11 is 0. The van der Waals surface area contributed by atoms with Gasteiger partial charge < -0.3 is 4.74 Å². The number of sulfonamides is 1. The molecule has 9 heteroatoms. The fourth-order valence-electron chi connectivity index (χ4n) is 2.65. The lowest BCUT2D eigenvalue weighted by Crippen LogP contribution is -2.51. The molecule has 2 amide bonds. The summed E-state index contributed by atoms with van der Waals surface area (Å²) in [6.45, 7) is 2.83. The summed E-state index contributed by atoms with van der Waals surface area (Å²) in [5, 5.41) is 0. The maximum atomic E-state index is 13.0. The van der Waals surface area contributed by atoms with Crippen molar-refractivity contribution >= 4 is 33.5 Å². The predicted molar refractivity (Wildman–Crippen MR) is 93.5 cm³/mol. The summed E-state index contributed by atoms with van der Waals surface area (Å²) in [5.41, 5.74) is 1.34. The highest BCUT2D eigenvalue weighted by molar-refractivity contribution is 7.90. The highest BCUT2D eigenvalue weighted by Gasteiger charge is 2.44. The fraction of sp³-hybridized carbons (Fsp3) is 0.235. The number of aryl methyl sites for hydroxylation is 1. The molecule has 1 aromatic carbocycles. The number of ether oxygens (including phenoxy) is 1. The summed E-state index contributed by atoms with van der Waals surface area (Å²) < 4.78 is 31.0. The molecule has 0 radical (unpaired) electrons. The van der Waals surface area contributed by atoms with Crippen LogP contribution in [0.25, 0.3) is 0 Å². The van der Waals surface area contributed by atoms with E-state index in [-0.39, 0.29) is 17.3 Å². The summed E-state index contributed by atoms with van der Waals surface area (Å²) in [7, 11) is -4.22. The van der Waals surface area contributed by atoms with E-state index in [2.05, 4.69) is 4.98 Å². The van der Waals surface area contributed by atoms with Gasteiger partial charge in [-0.15, -0.1) is 0 Å². The van der Waals surface area contributed by atoms with Gasteiger partial charge in [-0.2, -0.15) is 0 Å². The van der Waals surface area contributed by atoms with Gasteiger partial charge in [0.1, 0.15) is 11.4 Å². The number of esters is 1. The first-order valence-corrected chi connectivity index (χ1v) is 9.34. The van der Waals surface area contributed by atoms with Crippen LogP contribution in [0.1, 0.15) is 12.5 Å². The van der Waals surface area contributed by atoms with Crippen molar-refractivity contribution in [1.29, 1.82) is 0 Å². The molecule has 0 aliphatic carbocycles. The molecule has 0 bridgehead atoms. The van der Waals surface area contributed by atoms with Crippen LogP contribution in [0.15, 0.2) is 47.5 Å². The largest absolute Gasteiger partial charge is 0.465 e. The van der Waals surface area contributed by atoms with Crippen LogP contribution in [0, 0.1) is 6.92 Å². The van der Waals surface area contributed by atoms with Gasteiger partial charge in [-0.25, -0.2) is 27.4 Å². The van der Waals surface area contributed by atoms with Crippen molar-refractivity contribution in [3.05, 3.63) is 48.2 Å². The van der Waals surface area contributed by atoms with Gasteiger partial charge >= 0.3 is 12.0 Å². The van der Waals surface area contributed by atoms with Gasteiger partial charge in [-0.1, -0.05) is 12.1 Å². The molecular formula is C17H17N3O5S. The van der Waals surface area contributed by atoms with Crippen molar-refractivity contribution < 1.29 is 22.7 Å². The molecule has 0 saturated heterocycles. The van der Waals surface area contributed by atoms with E-state index in [4.69, 9.17) is 4.74 Å². The highest BCUT2D eigenvalue weighted by Crippen LogP contribution is 2.37. The Morgan fingerprint density at radius 3 is 2.69 bits per heavy atom. The van der Waals surface area contributed by atoms with Gasteiger partial charge in [0.2, 0.25) is 0 Å². The zero-order valence-electron chi connectivity index (χ0n) is 14.2. The Bertz CT molecular complexity index is 974. The van der Waals surface area contributed by atoms with Crippen LogP contribution in [0.5, 0.6) is 0 Å². The van der Waals surface area contributed by atoms with Crippen LogP contribution < -0.4 is 4.90 Å². The number of fused-ring (bicyclic) bond motifs is 1. The number of carbonyl (C=O) groups excluding carboxylic acids is 2. The molecule has 0 spiro atoms.